The van der Waals surface area contributed by atoms with Gasteiger partial charge in [0.15, 0.2) is 0 Å². The van der Waals surface area contributed by atoms with Crippen molar-refractivity contribution in [3.8, 4) is 5.75 Å². The van der Waals surface area contributed by atoms with Gasteiger partial charge in [0, 0.05) is 19.3 Å². The van der Waals surface area contributed by atoms with E-state index in [2.05, 4.69) is 6.58 Å². The van der Waals surface area contributed by atoms with Gasteiger partial charge in [-0.25, -0.2) is 13.2 Å². The molecule has 7 nitrogen and oxygen atoms in total. The van der Waals surface area contributed by atoms with Crippen LogP contribution in [0.15, 0.2) is 47.9 Å². The Bertz CT molecular complexity index is 1190. The second-order valence-electron chi connectivity index (χ2n) is 9.01. The molecule has 2 aliphatic rings. The van der Waals surface area contributed by atoms with Gasteiger partial charge in [0.25, 0.3) is 10.0 Å². The molecule has 0 radical (unpaired) electrons. The maximum Gasteiger partial charge on any atom is 0.341 e. The molecule has 2 heterocycles. The van der Waals surface area contributed by atoms with Gasteiger partial charge in [-0.15, -0.1) is 0 Å². The molecule has 1 saturated heterocycles. The summed E-state index contributed by atoms with van der Waals surface area (Å²) in [6.45, 7) is 7.63. The molecular weight excluding hydrogens is 466 g/mol. The monoisotopic (exact) mass is 499 g/mol. The lowest BCUT2D eigenvalue weighted by Crippen LogP contribution is -2.43. The summed E-state index contributed by atoms with van der Waals surface area (Å²) in [4.78, 5) is 12.6. The zero-order valence-electron chi connectivity index (χ0n) is 20.4. The number of nitrogens with zero attached hydrogens (tertiary/aromatic N) is 1. The number of rotatable bonds is 8. The van der Waals surface area contributed by atoms with E-state index in [1.165, 1.54) is 23.5 Å². The Morgan fingerprint density at radius 1 is 1.17 bits per heavy atom. The van der Waals surface area contributed by atoms with Gasteiger partial charge in [-0.2, -0.15) is 0 Å². The smallest absolute Gasteiger partial charge is 0.341 e. The molecule has 2 aromatic rings. The van der Waals surface area contributed by atoms with Gasteiger partial charge in [0.2, 0.25) is 0 Å². The van der Waals surface area contributed by atoms with Crippen molar-refractivity contribution in [3.05, 3.63) is 59.7 Å². The molecule has 0 aliphatic carbocycles. The Morgan fingerprint density at radius 3 is 2.63 bits per heavy atom. The highest BCUT2D eigenvalue weighted by Gasteiger charge is 2.36. The van der Waals surface area contributed by atoms with E-state index in [-0.39, 0.29) is 16.5 Å². The highest BCUT2D eigenvalue weighted by Crippen LogP contribution is 2.38. The average molecular weight is 500 g/mol. The van der Waals surface area contributed by atoms with Gasteiger partial charge < -0.3 is 14.2 Å². The van der Waals surface area contributed by atoms with Crippen LogP contribution in [0.25, 0.3) is 6.08 Å². The van der Waals surface area contributed by atoms with Crippen LogP contribution in [0.3, 0.4) is 0 Å². The summed E-state index contributed by atoms with van der Waals surface area (Å²) in [7, 11) is -2.67. The predicted molar refractivity (Wildman–Crippen MR) is 135 cm³/mol. The van der Waals surface area contributed by atoms with E-state index in [0.717, 1.165) is 36.8 Å². The van der Waals surface area contributed by atoms with Crippen LogP contribution in [0, 0.1) is 5.92 Å². The highest BCUT2D eigenvalue weighted by atomic mass is 32.2. The number of aryl methyl sites for hydroxylation is 1. The minimum Gasteiger partial charge on any atom is -0.492 e. The molecule has 2 aliphatic heterocycles. The van der Waals surface area contributed by atoms with Crippen molar-refractivity contribution in [2.24, 2.45) is 5.92 Å². The molecule has 0 spiro atoms. The first-order valence-electron chi connectivity index (χ1n) is 12.1. The summed E-state index contributed by atoms with van der Waals surface area (Å²) in [6, 6.07) is 9.99. The van der Waals surface area contributed by atoms with Crippen molar-refractivity contribution in [1.29, 1.82) is 0 Å². The number of fused-ring (bicyclic) bond motifs is 1. The lowest BCUT2D eigenvalue weighted by Gasteiger charge is -2.37. The second-order valence-corrected chi connectivity index (χ2v) is 10.8. The summed E-state index contributed by atoms with van der Waals surface area (Å²) < 4.78 is 45.7. The van der Waals surface area contributed by atoms with Gasteiger partial charge in [-0.05, 0) is 79.5 Å². The maximum absolute atomic E-state index is 14.0. The number of hydrogen-bond donors (Lipinski definition) is 0. The fraction of sp³-hybridized carbons (Fsp3) is 0.444. The van der Waals surface area contributed by atoms with Gasteiger partial charge in [0.05, 0.1) is 24.3 Å². The van der Waals surface area contributed by atoms with Crippen molar-refractivity contribution in [3.63, 3.8) is 0 Å². The zero-order chi connectivity index (χ0) is 25.0. The van der Waals surface area contributed by atoms with Crippen LogP contribution in [0.4, 0.5) is 5.69 Å². The Kier molecular flexibility index (Phi) is 7.82. The molecule has 35 heavy (non-hydrogen) atoms. The summed E-state index contributed by atoms with van der Waals surface area (Å²) in [5, 5.41) is 0. The van der Waals surface area contributed by atoms with E-state index >= 15 is 0 Å². The van der Waals surface area contributed by atoms with E-state index in [4.69, 9.17) is 14.2 Å². The molecular formula is C27H33NO6S. The largest absolute Gasteiger partial charge is 0.492 e. The molecule has 4 rings (SSSR count). The van der Waals surface area contributed by atoms with E-state index in [9.17, 15) is 13.2 Å². The molecule has 2 aromatic carbocycles. The van der Waals surface area contributed by atoms with Crippen molar-refractivity contribution in [2.75, 3.05) is 31.2 Å². The lowest BCUT2D eigenvalue weighted by molar-refractivity contribution is 0.0483. The molecule has 1 atom stereocenters. The summed E-state index contributed by atoms with van der Waals surface area (Å²) in [5.74, 6) is 0.0167. The second kappa shape index (κ2) is 10.8. The van der Waals surface area contributed by atoms with Crippen molar-refractivity contribution < 1.29 is 27.4 Å². The van der Waals surface area contributed by atoms with Crippen molar-refractivity contribution in [1.82, 2.24) is 0 Å². The van der Waals surface area contributed by atoms with E-state index in [1.807, 2.05) is 25.1 Å². The number of hydrogen-bond acceptors (Lipinski definition) is 6. The number of esters is 1. The summed E-state index contributed by atoms with van der Waals surface area (Å²) in [5.41, 5.74) is 2.71. The first-order chi connectivity index (χ1) is 16.9. The van der Waals surface area contributed by atoms with E-state index in [0.29, 0.717) is 43.6 Å². The number of benzene rings is 2. The van der Waals surface area contributed by atoms with Crippen LogP contribution in [-0.4, -0.2) is 47.4 Å². The zero-order valence-corrected chi connectivity index (χ0v) is 21.2. The molecule has 0 saturated carbocycles. The highest BCUT2D eigenvalue weighted by molar-refractivity contribution is 7.92. The number of sulfonamides is 1. The first-order valence-corrected chi connectivity index (χ1v) is 13.6. The maximum atomic E-state index is 14.0. The number of methoxy groups -OCH3 is 1. The first kappa shape index (κ1) is 25.3. The Labute approximate surface area is 207 Å². The van der Waals surface area contributed by atoms with Crippen LogP contribution in [0.2, 0.25) is 0 Å². The van der Waals surface area contributed by atoms with Crippen LogP contribution in [0.5, 0.6) is 5.75 Å². The molecule has 0 amide bonds. The van der Waals surface area contributed by atoms with Crippen LogP contribution >= 0.6 is 0 Å². The molecule has 1 fully saturated rings. The normalized spacial score (nSPS) is 18.6. The average Bonchev–Trinajstić information content (AvgIpc) is 2.90. The van der Waals surface area contributed by atoms with Crippen molar-refractivity contribution in [2.45, 2.75) is 50.0 Å². The fourth-order valence-electron chi connectivity index (χ4n) is 4.78. The summed E-state index contributed by atoms with van der Waals surface area (Å²) in [6.07, 6.45) is 5.74. The predicted octanol–water partition coefficient (Wildman–Crippen LogP) is 4.84. The number of ether oxygens (including phenoxy) is 3. The Morgan fingerprint density at radius 2 is 1.94 bits per heavy atom. The fourth-order valence-corrected chi connectivity index (χ4v) is 6.60. The van der Waals surface area contributed by atoms with E-state index in [1.54, 1.807) is 12.1 Å². The molecule has 0 N–H and O–H groups in total. The van der Waals surface area contributed by atoms with Gasteiger partial charge in [-0.3, -0.25) is 4.31 Å². The molecule has 188 valence electrons. The quantitative estimate of drug-likeness (QED) is 0.484. The van der Waals surface area contributed by atoms with Gasteiger partial charge in [0.1, 0.15) is 11.3 Å². The number of carbonyl (C=O) groups excluding carboxylic acids is 1. The van der Waals surface area contributed by atoms with Gasteiger partial charge in [-0.1, -0.05) is 25.6 Å². The Hall–Kier alpha value is -2.84. The van der Waals surface area contributed by atoms with Crippen LogP contribution in [-0.2, 0) is 25.9 Å². The standard InChI is InChI=1S/C27H33NO6S/c1-4-19-6-10-25-21(16-19)7-8-22(5-2)28(25)35(30,31)23-9-11-26(24(17-23)27(29)32-3)34-18-20-12-14-33-15-13-20/h4,6,9-11,16-17,20,22H,1,5,7-8,12-15,18H2,2-3H3. The third-order valence-electron chi connectivity index (χ3n) is 6.86. The van der Waals surface area contributed by atoms with E-state index < -0.39 is 16.0 Å². The SMILES string of the molecule is C=Cc1ccc2c(c1)CCC(CC)N2S(=O)(=O)c1ccc(OCC2CCOCC2)c(C(=O)OC)c1. The topological polar surface area (TPSA) is 82.1 Å². The minimum atomic E-state index is -3.95. The van der Waals surface area contributed by atoms with Crippen LogP contribution in [0.1, 0.15) is 54.1 Å². The Balaban J connectivity index is 1.70. The lowest BCUT2D eigenvalue weighted by atomic mass is 9.95. The third-order valence-corrected chi connectivity index (χ3v) is 8.72. The summed E-state index contributed by atoms with van der Waals surface area (Å²) >= 11 is 0. The molecule has 0 bridgehead atoms. The molecule has 1 unspecified atom stereocenters. The number of anilines is 1. The minimum absolute atomic E-state index is 0.0374. The number of carbonyl (C=O) groups is 1. The van der Waals surface area contributed by atoms with Gasteiger partial charge >= 0.3 is 5.97 Å². The van der Waals surface area contributed by atoms with Crippen molar-refractivity contribution >= 4 is 27.8 Å². The third kappa shape index (κ3) is 5.23. The molecule has 8 heteroatoms. The molecule has 0 aromatic heterocycles. The van der Waals surface area contributed by atoms with Crippen LogP contribution < -0.4 is 9.04 Å².